The van der Waals surface area contributed by atoms with Gasteiger partial charge < -0.3 is 9.47 Å². The molecule has 0 bridgehead atoms. The molecule has 0 aromatic heterocycles. The molecule has 0 saturated heterocycles. The minimum Gasteiger partial charge on any atom is -0.466 e. The molecule has 0 aliphatic heterocycles. The van der Waals surface area contributed by atoms with Crippen LogP contribution < -0.4 is 4.74 Å². The average Bonchev–Trinajstić information content (AvgIpc) is 2.45. The van der Waals surface area contributed by atoms with Crippen LogP contribution in [0, 0.1) is 0 Å². The summed E-state index contributed by atoms with van der Waals surface area (Å²) < 4.78 is 10.3. The number of hydrogen-bond acceptors (Lipinski definition) is 4. The number of esters is 2. The smallest absolute Gasteiger partial charge is 0.311 e. The first-order valence-electron chi connectivity index (χ1n) is 7.49. The zero-order valence-electron chi connectivity index (χ0n) is 13.1. The monoisotopic (exact) mass is 292 g/mol. The van der Waals surface area contributed by atoms with Gasteiger partial charge in [-0.15, -0.1) is 0 Å². The van der Waals surface area contributed by atoms with Crippen molar-refractivity contribution in [3.05, 3.63) is 29.8 Å². The maximum atomic E-state index is 11.8. The molecule has 1 rings (SSSR count). The lowest BCUT2D eigenvalue weighted by Crippen LogP contribution is -2.11. The van der Waals surface area contributed by atoms with Crippen LogP contribution in [0.4, 0.5) is 0 Å². The van der Waals surface area contributed by atoms with Gasteiger partial charge >= 0.3 is 11.9 Å². The molecule has 1 aromatic rings. The van der Waals surface area contributed by atoms with Gasteiger partial charge in [0.25, 0.3) is 0 Å². The molecule has 0 N–H and O–H groups in total. The second-order valence-electron chi connectivity index (χ2n) is 5.24. The van der Waals surface area contributed by atoms with Gasteiger partial charge in [-0.1, -0.05) is 39.0 Å². The Kier molecular flexibility index (Phi) is 7.51. The molecule has 0 aliphatic carbocycles. The van der Waals surface area contributed by atoms with Gasteiger partial charge in [-0.05, 0) is 30.4 Å². The number of rotatable bonds is 8. The summed E-state index contributed by atoms with van der Waals surface area (Å²) in [5.41, 5.74) is 1.01. The standard InChI is InChI=1S/C17H24O4/c1-4-12-20-16(18)10-7-11-17(19)21-15-9-6-5-8-14(15)13(2)3/h5-6,8-9,13H,4,7,10-12H2,1-3H3. The van der Waals surface area contributed by atoms with E-state index in [1.807, 2.05) is 25.1 Å². The lowest BCUT2D eigenvalue weighted by atomic mass is 10.0. The Hall–Kier alpha value is -1.84. The fourth-order valence-corrected chi connectivity index (χ4v) is 1.89. The molecule has 1 aromatic carbocycles. The summed E-state index contributed by atoms with van der Waals surface area (Å²) in [6, 6.07) is 7.52. The van der Waals surface area contributed by atoms with Gasteiger partial charge in [0.1, 0.15) is 5.75 Å². The molecule has 4 heteroatoms. The second-order valence-corrected chi connectivity index (χ2v) is 5.24. The molecule has 0 amide bonds. The van der Waals surface area contributed by atoms with E-state index in [0.717, 1.165) is 12.0 Å². The fraction of sp³-hybridized carbons (Fsp3) is 0.529. The Balaban J connectivity index is 2.39. The van der Waals surface area contributed by atoms with Crippen molar-refractivity contribution in [3.63, 3.8) is 0 Å². The second kappa shape index (κ2) is 9.16. The number of carbonyl (C=O) groups is 2. The van der Waals surface area contributed by atoms with Crippen LogP contribution in [0.3, 0.4) is 0 Å². The summed E-state index contributed by atoms with van der Waals surface area (Å²) in [6.07, 6.45) is 1.72. The van der Waals surface area contributed by atoms with Gasteiger partial charge in [0.15, 0.2) is 0 Å². The van der Waals surface area contributed by atoms with Crippen molar-refractivity contribution in [2.75, 3.05) is 6.61 Å². The van der Waals surface area contributed by atoms with Gasteiger partial charge in [-0.25, -0.2) is 0 Å². The van der Waals surface area contributed by atoms with Crippen LogP contribution in [0.5, 0.6) is 5.75 Å². The van der Waals surface area contributed by atoms with Gasteiger partial charge in [-0.2, -0.15) is 0 Å². The summed E-state index contributed by atoms with van der Waals surface area (Å²) in [4.78, 5) is 23.1. The normalized spacial score (nSPS) is 10.5. The molecule has 0 spiro atoms. The van der Waals surface area contributed by atoms with Crippen molar-refractivity contribution in [3.8, 4) is 5.75 Å². The first-order valence-corrected chi connectivity index (χ1v) is 7.49. The van der Waals surface area contributed by atoms with Crippen LogP contribution in [0.1, 0.15) is 57.9 Å². The maximum absolute atomic E-state index is 11.8. The third-order valence-corrected chi connectivity index (χ3v) is 2.99. The quantitative estimate of drug-likeness (QED) is 0.539. The van der Waals surface area contributed by atoms with Gasteiger partial charge in [0.2, 0.25) is 0 Å². The number of hydrogen-bond donors (Lipinski definition) is 0. The van der Waals surface area contributed by atoms with E-state index in [1.54, 1.807) is 6.07 Å². The highest BCUT2D eigenvalue weighted by molar-refractivity contribution is 5.74. The molecule has 0 radical (unpaired) electrons. The lowest BCUT2D eigenvalue weighted by Gasteiger charge is -2.12. The van der Waals surface area contributed by atoms with Crippen LogP contribution in [-0.2, 0) is 14.3 Å². The van der Waals surface area contributed by atoms with Crippen LogP contribution >= 0.6 is 0 Å². The van der Waals surface area contributed by atoms with Gasteiger partial charge in [-0.3, -0.25) is 9.59 Å². The highest BCUT2D eigenvalue weighted by Crippen LogP contribution is 2.26. The molecule has 0 heterocycles. The Bertz CT molecular complexity index is 466. The highest BCUT2D eigenvalue weighted by atomic mass is 16.5. The molecule has 0 aliphatic rings. The van der Waals surface area contributed by atoms with E-state index in [4.69, 9.17) is 9.47 Å². The lowest BCUT2D eigenvalue weighted by molar-refractivity contribution is -0.144. The van der Waals surface area contributed by atoms with Crippen molar-refractivity contribution < 1.29 is 19.1 Å². The SMILES string of the molecule is CCCOC(=O)CCCC(=O)Oc1ccccc1C(C)C. The van der Waals surface area contributed by atoms with Crippen molar-refractivity contribution >= 4 is 11.9 Å². The Morgan fingerprint density at radius 2 is 1.76 bits per heavy atom. The summed E-state index contributed by atoms with van der Waals surface area (Å²) >= 11 is 0. The molecular weight excluding hydrogens is 268 g/mol. The number of carbonyl (C=O) groups excluding carboxylic acids is 2. The molecule has 0 atom stereocenters. The van der Waals surface area contributed by atoms with Crippen LogP contribution in [0.15, 0.2) is 24.3 Å². The molecular formula is C17H24O4. The zero-order valence-corrected chi connectivity index (χ0v) is 13.1. The average molecular weight is 292 g/mol. The molecule has 0 unspecified atom stereocenters. The minimum atomic E-state index is -0.314. The number of ether oxygens (including phenoxy) is 2. The fourth-order valence-electron chi connectivity index (χ4n) is 1.89. The van der Waals surface area contributed by atoms with Gasteiger partial charge in [0, 0.05) is 12.8 Å². The summed E-state index contributed by atoms with van der Waals surface area (Å²) in [5.74, 6) is 0.322. The van der Waals surface area contributed by atoms with E-state index in [1.165, 1.54) is 0 Å². The summed E-state index contributed by atoms with van der Waals surface area (Å²) in [6.45, 7) is 6.48. The van der Waals surface area contributed by atoms with E-state index in [-0.39, 0.29) is 30.7 Å². The van der Waals surface area contributed by atoms with E-state index in [9.17, 15) is 9.59 Å². The van der Waals surface area contributed by atoms with Crippen LogP contribution in [-0.4, -0.2) is 18.5 Å². The van der Waals surface area contributed by atoms with Crippen molar-refractivity contribution in [2.24, 2.45) is 0 Å². The molecule has 0 saturated carbocycles. The zero-order chi connectivity index (χ0) is 15.7. The van der Waals surface area contributed by atoms with Crippen molar-refractivity contribution in [1.29, 1.82) is 0 Å². The third kappa shape index (κ3) is 6.43. The largest absolute Gasteiger partial charge is 0.466 e. The number of para-hydroxylation sites is 1. The molecule has 21 heavy (non-hydrogen) atoms. The Morgan fingerprint density at radius 1 is 1.10 bits per heavy atom. The number of benzene rings is 1. The van der Waals surface area contributed by atoms with E-state index < -0.39 is 0 Å². The Labute approximate surface area is 126 Å². The Morgan fingerprint density at radius 3 is 2.43 bits per heavy atom. The van der Waals surface area contributed by atoms with Crippen LogP contribution in [0.2, 0.25) is 0 Å². The first kappa shape index (κ1) is 17.2. The third-order valence-electron chi connectivity index (χ3n) is 2.99. The molecule has 116 valence electrons. The van der Waals surface area contributed by atoms with E-state index >= 15 is 0 Å². The van der Waals surface area contributed by atoms with Crippen LogP contribution in [0.25, 0.3) is 0 Å². The summed E-state index contributed by atoms with van der Waals surface area (Å²) in [5, 5.41) is 0. The topological polar surface area (TPSA) is 52.6 Å². The van der Waals surface area contributed by atoms with E-state index in [0.29, 0.717) is 18.8 Å². The highest BCUT2D eigenvalue weighted by Gasteiger charge is 2.12. The molecule has 0 fully saturated rings. The van der Waals surface area contributed by atoms with Crippen molar-refractivity contribution in [2.45, 2.75) is 52.4 Å². The predicted octanol–water partition coefficient (Wildman–Crippen LogP) is 3.84. The first-order chi connectivity index (χ1) is 10.0. The summed E-state index contributed by atoms with van der Waals surface area (Å²) in [7, 11) is 0. The maximum Gasteiger partial charge on any atom is 0.311 e. The van der Waals surface area contributed by atoms with Gasteiger partial charge in [0.05, 0.1) is 6.61 Å². The minimum absolute atomic E-state index is 0.216. The predicted molar refractivity (Wildman–Crippen MR) is 81.3 cm³/mol. The molecule has 4 nitrogen and oxygen atoms in total. The van der Waals surface area contributed by atoms with Crippen molar-refractivity contribution in [1.82, 2.24) is 0 Å². The van der Waals surface area contributed by atoms with E-state index in [2.05, 4.69) is 13.8 Å².